The second kappa shape index (κ2) is 6.33. The second-order valence-electron chi connectivity index (χ2n) is 7.25. The van der Waals surface area contributed by atoms with E-state index in [1.54, 1.807) is 0 Å². The molecule has 0 atom stereocenters. The molecule has 1 aromatic heterocycles. The van der Waals surface area contributed by atoms with E-state index in [9.17, 15) is 31.9 Å². The number of carbonyl (C=O) groups excluding carboxylic acids is 1. The fourth-order valence-electron chi connectivity index (χ4n) is 3.70. The summed E-state index contributed by atoms with van der Waals surface area (Å²) in [4.78, 5) is 13.4. The van der Waals surface area contributed by atoms with Crippen LogP contribution in [0.15, 0.2) is 22.6 Å². The van der Waals surface area contributed by atoms with E-state index in [-0.39, 0.29) is 48.3 Å². The van der Waals surface area contributed by atoms with Crippen molar-refractivity contribution in [2.45, 2.75) is 31.0 Å². The van der Waals surface area contributed by atoms with Gasteiger partial charge in [-0.3, -0.25) is 4.79 Å². The highest BCUT2D eigenvalue weighted by Crippen LogP contribution is 2.44. The predicted molar refractivity (Wildman–Crippen MR) is 89.4 cm³/mol. The summed E-state index contributed by atoms with van der Waals surface area (Å²) >= 11 is 0. The van der Waals surface area contributed by atoms with Crippen molar-refractivity contribution in [3.63, 3.8) is 0 Å². The summed E-state index contributed by atoms with van der Waals surface area (Å²) in [5.41, 5.74) is -1.000. The number of aliphatic hydroxyl groups is 1. The van der Waals surface area contributed by atoms with Gasteiger partial charge in [0, 0.05) is 24.4 Å². The molecule has 0 saturated heterocycles. The van der Waals surface area contributed by atoms with Crippen LogP contribution in [-0.4, -0.2) is 42.7 Å². The summed E-state index contributed by atoms with van der Waals surface area (Å²) in [6.45, 7) is -0.738. The number of aliphatic hydroxyl groups excluding tert-OH is 1. The monoisotopic (exact) mass is 404 g/mol. The van der Waals surface area contributed by atoms with Crippen molar-refractivity contribution >= 4 is 22.6 Å². The Morgan fingerprint density at radius 3 is 2.57 bits per heavy atom. The van der Waals surface area contributed by atoms with Crippen molar-refractivity contribution in [2.75, 3.05) is 24.5 Å². The Morgan fingerprint density at radius 2 is 1.93 bits per heavy atom. The smallest absolute Gasteiger partial charge is 0.416 e. The number of fused-ring (bicyclic) bond motifs is 3. The largest absolute Gasteiger partial charge is 0.449 e. The minimum absolute atomic E-state index is 0.00547. The molecule has 2 aromatic rings. The fourth-order valence-corrected chi connectivity index (χ4v) is 3.70. The number of hydrogen-bond acceptors (Lipinski definition) is 4. The fraction of sp³-hybridized carbons (Fsp3) is 0.500. The van der Waals surface area contributed by atoms with Crippen molar-refractivity contribution in [1.82, 2.24) is 5.32 Å². The summed E-state index contributed by atoms with van der Waals surface area (Å²) in [5.74, 6) is -5.13. The Hall–Kier alpha value is -2.36. The standard InChI is InChI=1S/C18H17F5N2O3/c19-17(20,10-5-11(26)6-10)8-25-4-3-24-16(27)15-14(25)12-7-9(18(21,22)23)1-2-13(12)28-15/h1-2,7,10-11,26H,3-6,8H2,(H,24,27). The third-order valence-corrected chi connectivity index (χ3v) is 5.29. The van der Waals surface area contributed by atoms with Gasteiger partial charge in [0.15, 0.2) is 0 Å². The van der Waals surface area contributed by atoms with Crippen LogP contribution in [0.5, 0.6) is 0 Å². The van der Waals surface area contributed by atoms with E-state index < -0.39 is 42.1 Å². The van der Waals surface area contributed by atoms with Crippen molar-refractivity contribution in [3.8, 4) is 0 Å². The molecule has 0 radical (unpaired) electrons. The van der Waals surface area contributed by atoms with Crippen LogP contribution in [0.3, 0.4) is 0 Å². The van der Waals surface area contributed by atoms with E-state index in [2.05, 4.69) is 5.32 Å². The number of rotatable bonds is 3. The summed E-state index contributed by atoms with van der Waals surface area (Å²) in [6.07, 6.45) is -5.45. The summed E-state index contributed by atoms with van der Waals surface area (Å²) in [6, 6.07) is 2.71. The van der Waals surface area contributed by atoms with Crippen LogP contribution in [0, 0.1) is 5.92 Å². The van der Waals surface area contributed by atoms with Gasteiger partial charge in [0.1, 0.15) is 5.58 Å². The average molecular weight is 404 g/mol. The second-order valence-corrected chi connectivity index (χ2v) is 7.25. The number of benzene rings is 1. The number of nitrogens with zero attached hydrogens (tertiary/aromatic N) is 1. The van der Waals surface area contributed by atoms with E-state index in [1.165, 1.54) is 4.90 Å². The highest BCUT2D eigenvalue weighted by molar-refractivity contribution is 6.07. The molecule has 4 rings (SSSR count). The molecule has 152 valence electrons. The maximum Gasteiger partial charge on any atom is 0.416 e. The Bertz CT molecular complexity index is 918. The Morgan fingerprint density at radius 1 is 1.21 bits per heavy atom. The quantitative estimate of drug-likeness (QED) is 0.770. The van der Waals surface area contributed by atoms with Crippen molar-refractivity contribution < 1.29 is 36.3 Å². The van der Waals surface area contributed by atoms with Gasteiger partial charge in [-0.05, 0) is 31.0 Å². The Kier molecular flexibility index (Phi) is 4.29. The first kappa shape index (κ1) is 19.0. The number of alkyl halides is 5. The van der Waals surface area contributed by atoms with Crippen LogP contribution in [0.2, 0.25) is 0 Å². The molecule has 0 bridgehead atoms. The van der Waals surface area contributed by atoms with Crippen LogP contribution in [0.25, 0.3) is 11.0 Å². The number of furan rings is 1. The minimum atomic E-state index is -4.62. The van der Waals surface area contributed by atoms with Crippen LogP contribution < -0.4 is 10.2 Å². The maximum absolute atomic E-state index is 14.7. The van der Waals surface area contributed by atoms with Crippen molar-refractivity contribution in [3.05, 3.63) is 29.5 Å². The van der Waals surface area contributed by atoms with E-state index in [0.29, 0.717) is 0 Å². The van der Waals surface area contributed by atoms with Crippen molar-refractivity contribution in [2.24, 2.45) is 5.92 Å². The molecule has 1 fully saturated rings. The molecule has 28 heavy (non-hydrogen) atoms. The lowest BCUT2D eigenvalue weighted by Gasteiger charge is -2.39. The molecule has 1 amide bonds. The summed E-state index contributed by atoms with van der Waals surface area (Å²) < 4.78 is 74.0. The molecule has 5 nitrogen and oxygen atoms in total. The van der Waals surface area contributed by atoms with Crippen LogP contribution in [-0.2, 0) is 6.18 Å². The predicted octanol–water partition coefficient (Wildman–Crippen LogP) is 3.41. The van der Waals surface area contributed by atoms with Gasteiger partial charge in [0.25, 0.3) is 11.8 Å². The number of anilines is 1. The zero-order valence-corrected chi connectivity index (χ0v) is 14.5. The van der Waals surface area contributed by atoms with Gasteiger partial charge >= 0.3 is 6.18 Å². The highest BCUT2D eigenvalue weighted by Gasteiger charge is 2.48. The summed E-state index contributed by atoms with van der Waals surface area (Å²) in [7, 11) is 0. The third kappa shape index (κ3) is 3.19. The summed E-state index contributed by atoms with van der Waals surface area (Å²) in [5, 5.41) is 11.8. The number of amides is 1. The lowest BCUT2D eigenvalue weighted by molar-refractivity contribution is -0.137. The lowest BCUT2D eigenvalue weighted by Crippen LogP contribution is -2.49. The number of nitrogens with one attached hydrogen (secondary N) is 1. The minimum Gasteiger partial charge on any atom is -0.449 e. The van der Waals surface area contributed by atoms with Gasteiger partial charge in [-0.25, -0.2) is 8.78 Å². The third-order valence-electron chi connectivity index (χ3n) is 5.29. The van der Waals surface area contributed by atoms with Crippen LogP contribution >= 0.6 is 0 Å². The van der Waals surface area contributed by atoms with Gasteiger partial charge in [-0.2, -0.15) is 13.2 Å². The molecule has 1 saturated carbocycles. The van der Waals surface area contributed by atoms with E-state index in [1.807, 2.05) is 0 Å². The molecule has 2 N–H and O–H groups in total. The zero-order valence-electron chi connectivity index (χ0n) is 14.5. The maximum atomic E-state index is 14.7. The number of hydrogen-bond donors (Lipinski definition) is 2. The van der Waals surface area contributed by atoms with Gasteiger partial charge in [0.2, 0.25) is 5.76 Å². The molecule has 2 aliphatic rings. The van der Waals surface area contributed by atoms with E-state index in [0.717, 1.165) is 18.2 Å². The van der Waals surface area contributed by atoms with Gasteiger partial charge in [-0.15, -0.1) is 0 Å². The van der Waals surface area contributed by atoms with Crippen molar-refractivity contribution in [1.29, 1.82) is 0 Å². The molecule has 0 unspecified atom stereocenters. The number of carbonyl (C=O) groups is 1. The Labute approximate surface area is 156 Å². The molecule has 2 heterocycles. The highest BCUT2D eigenvalue weighted by atomic mass is 19.4. The molecule has 1 aliphatic heterocycles. The van der Waals surface area contributed by atoms with E-state index in [4.69, 9.17) is 4.42 Å². The van der Waals surface area contributed by atoms with Gasteiger partial charge in [-0.1, -0.05) is 0 Å². The van der Waals surface area contributed by atoms with Crippen LogP contribution in [0.4, 0.5) is 27.6 Å². The first-order valence-electron chi connectivity index (χ1n) is 8.79. The van der Waals surface area contributed by atoms with Crippen LogP contribution in [0.1, 0.15) is 29.0 Å². The van der Waals surface area contributed by atoms with Gasteiger partial charge < -0.3 is 19.7 Å². The van der Waals surface area contributed by atoms with Gasteiger partial charge in [0.05, 0.1) is 23.9 Å². The molecule has 1 aliphatic carbocycles. The first-order chi connectivity index (χ1) is 13.1. The first-order valence-corrected chi connectivity index (χ1v) is 8.79. The molecule has 0 spiro atoms. The average Bonchev–Trinajstić information content (AvgIpc) is 2.89. The zero-order chi connectivity index (χ0) is 20.3. The molecular weight excluding hydrogens is 387 g/mol. The Balaban J connectivity index is 1.77. The van der Waals surface area contributed by atoms with E-state index >= 15 is 0 Å². The molecule has 10 heteroatoms. The SMILES string of the molecule is O=C1NCCN(CC(F)(F)C2CC(O)C2)c2c1oc1ccc(C(F)(F)F)cc21. The number of halogens is 5. The normalized spacial score (nSPS) is 23.2. The topological polar surface area (TPSA) is 65.7 Å². The lowest BCUT2D eigenvalue weighted by atomic mass is 9.77. The molecule has 1 aromatic carbocycles. The molecular formula is C18H17F5N2O3.